The summed E-state index contributed by atoms with van der Waals surface area (Å²) < 4.78 is 5.10. The van der Waals surface area contributed by atoms with E-state index in [0.29, 0.717) is 6.10 Å². The van der Waals surface area contributed by atoms with Crippen LogP contribution in [0.1, 0.15) is 62.3 Å². The fourth-order valence-corrected chi connectivity index (χ4v) is 0.422. The van der Waals surface area contributed by atoms with Gasteiger partial charge < -0.3 is 14.9 Å². The lowest BCUT2D eigenvalue weighted by atomic mass is 10.0. The van der Waals surface area contributed by atoms with Gasteiger partial charge in [-0.3, -0.25) is 0 Å². The number of aliphatic hydroxyl groups excluding tert-OH is 1. The highest BCUT2D eigenvalue weighted by Crippen LogP contribution is 2.33. The standard InChI is InChI=1S/C5H12O2.C5H10O.C5H10/c1-4(6)5(2,3)7;1-4-5(2,3)6-4;1-4-5(2)3/h4,6-7H,1-3H3;4H,1-3H3;4H,1-3H3. The number of epoxide rings is 1. The van der Waals surface area contributed by atoms with E-state index in [1.54, 1.807) is 20.8 Å². The Balaban J connectivity index is 0. The lowest BCUT2D eigenvalue weighted by molar-refractivity contribution is -0.0375. The van der Waals surface area contributed by atoms with Gasteiger partial charge >= 0.3 is 0 Å². The average Bonchev–Trinajstić information content (AvgIpc) is 2.71. The second kappa shape index (κ2) is 7.93. The number of allylic oxidation sites excluding steroid dienone is 2. The Kier molecular flexibility index (Phi) is 8.78. The molecule has 0 aromatic carbocycles. The van der Waals surface area contributed by atoms with Crippen molar-refractivity contribution >= 4 is 0 Å². The van der Waals surface area contributed by atoms with Gasteiger partial charge in [0.2, 0.25) is 0 Å². The highest BCUT2D eigenvalue weighted by Gasteiger charge is 2.43. The number of hydrogen-bond donors (Lipinski definition) is 2. The molecule has 1 saturated heterocycles. The van der Waals surface area contributed by atoms with E-state index < -0.39 is 11.7 Å². The van der Waals surface area contributed by atoms with Crippen LogP contribution in [-0.4, -0.2) is 33.6 Å². The molecule has 2 N–H and O–H groups in total. The molecule has 0 spiro atoms. The van der Waals surface area contributed by atoms with E-state index >= 15 is 0 Å². The molecular formula is C15H32O3. The van der Waals surface area contributed by atoms with Crippen LogP contribution in [-0.2, 0) is 4.74 Å². The zero-order valence-electron chi connectivity index (χ0n) is 13.5. The van der Waals surface area contributed by atoms with Gasteiger partial charge in [-0.25, -0.2) is 0 Å². The Bertz CT molecular complexity index is 243. The third-order valence-corrected chi connectivity index (χ3v) is 3.00. The maximum atomic E-state index is 8.84. The molecular weight excluding hydrogens is 228 g/mol. The first-order valence-corrected chi connectivity index (χ1v) is 6.52. The SMILES string of the molecule is CC(O)C(C)(C)O.CC1OC1(C)C.CC=C(C)C. The first-order chi connectivity index (χ1) is 7.84. The van der Waals surface area contributed by atoms with Gasteiger partial charge in [0.15, 0.2) is 0 Å². The van der Waals surface area contributed by atoms with Crippen molar-refractivity contribution in [2.24, 2.45) is 0 Å². The van der Waals surface area contributed by atoms with Gasteiger partial charge in [0.1, 0.15) is 0 Å². The van der Waals surface area contributed by atoms with E-state index in [-0.39, 0.29) is 5.60 Å². The first kappa shape index (κ1) is 19.9. The molecule has 110 valence electrons. The summed E-state index contributed by atoms with van der Waals surface area (Å²) in [5.74, 6) is 0. The molecule has 0 radical (unpaired) electrons. The summed E-state index contributed by atoms with van der Waals surface area (Å²) in [7, 11) is 0. The summed E-state index contributed by atoms with van der Waals surface area (Å²) in [6, 6.07) is 0. The van der Waals surface area contributed by atoms with Crippen molar-refractivity contribution in [2.45, 2.75) is 85.7 Å². The van der Waals surface area contributed by atoms with Crippen LogP contribution in [0.3, 0.4) is 0 Å². The molecule has 1 fully saturated rings. The van der Waals surface area contributed by atoms with Crippen LogP contribution >= 0.6 is 0 Å². The average molecular weight is 260 g/mol. The van der Waals surface area contributed by atoms with Crippen molar-refractivity contribution in [2.75, 3.05) is 0 Å². The van der Waals surface area contributed by atoms with Gasteiger partial charge in [0, 0.05) is 0 Å². The predicted molar refractivity (Wildman–Crippen MR) is 77.7 cm³/mol. The zero-order chi connectivity index (χ0) is 15.1. The van der Waals surface area contributed by atoms with Crippen LogP contribution in [0.25, 0.3) is 0 Å². The molecule has 1 aliphatic heterocycles. The zero-order valence-corrected chi connectivity index (χ0v) is 13.5. The van der Waals surface area contributed by atoms with Crippen LogP contribution in [0.4, 0.5) is 0 Å². The molecule has 1 aliphatic rings. The number of ether oxygens (including phenoxy) is 1. The molecule has 0 aliphatic carbocycles. The van der Waals surface area contributed by atoms with Crippen molar-refractivity contribution in [3.63, 3.8) is 0 Å². The predicted octanol–water partition coefficient (Wildman–Crippen LogP) is 3.29. The fourth-order valence-electron chi connectivity index (χ4n) is 0.422. The Morgan fingerprint density at radius 3 is 1.50 bits per heavy atom. The van der Waals surface area contributed by atoms with Crippen LogP contribution < -0.4 is 0 Å². The second-order valence-corrected chi connectivity index (χ2v) is 6.06. The van der Waals surface area contributed by atoms with Crippen LogP contribution in [0, 0.1) is 0 Å². The van der Waals surface area contributed by atoms with E-state index in [1.807, 2.05) is 6.92 Å². The van der Waals surface area contributed by atoms with Crippen molar-refractivity contribution < 1.29 is 14.9 Å². The minimum atomic E-state index is -0.944. The molecule has 0 saturated carbocycles. The van der Waals surface area contributed by atoms with Gasteiger partial charge in [0.05, 0.1) is 23.4 Å². The summed E-state index contributed by atoms with van der Waals surface area (Å²) in [5.41, 5.74) is 0.644. The van der Waals surface area contributed by atoms with Crippen molar-refractivity contribution in [3.8, 4) is 0 Å². The van der Waals surface area contributed by atoms with E-state index in [2.05, 4.69) is 40.7 Å². The highest BCUT2D eigenvalue weighted by atomic mass is 16.6. The van der Waals surface area contributed by atoms with Gasteiger partial charge in [0.25, 0.3) is 0 Å². The second-order valence-electron chi connectivity index (χ2n) is 6.06. The van der Waals surface area contributed by atoms with Gasteiger partial charge in [-0.1, -0.05) is 11.6 Å². The Labute approximate surface area is 113 Å². The number of rotatable bonds is 1. The van der Waals surface area contributed by atoms with Crippen molar-refractivity contribution in [1.82, 2.24) is 0 Å². The summed E-state index contributed by atoms with van der Waals surface area (Å²) in [5, 5.41) is 17.5. The van der Waals surface area contributed by atoms with E-state index in [0.717, 1.165) is 0 Å². The largest absolute Gasteiger partial charge is 0.390 e. The molecule has 2 unspecified atom stereocenters. The van der Waals surface area contributed by atoms with E-state index in [9.17, 15) is 0 Å². The Morgan fingerprint density at radius 2 is 1.50 bits per heavy atom. The molecule has 3 heteroatoms. The van der Waals surface area contributed by atoms with Crippen molar-refractivity contribution in [3.05, 3.63) is 11.6 Å². The van der Waals surface area contributed by atoms with Gasteiger partial charge in [-0.05, 0) is 62.3 Å². The quantitative estimate of drug-likeness (QED) is 0.562. The number of aliphatic hydroxyl groups is 2. The highest BCUT2D eigenvalue weighted by molar-refractivity contribution is 4.90. The molecule has 3 nitrogen and oxygen atoms in total. The third-order valence-electron chi connectivity index (χ3n) is 3.00. The Morgan fingerprint density at radius 1 is 1.33 bits per heavy atom. The van der Waals surface area contributed by atoms with Crippen LogP contribution in [0.2, 0.25) is 0 Å². The molecule has 0 amide bonds. The number of hydrogen-bond acceptors (Lipinski definition) is 3. The van der Waals surface area contributed by atoms with Crippen LogP contribution in [0.15, 0.2) is 11.6 Å². The summed E-state index contributed by atoms with van der Waals surface area (Å²) in [4.78, 5) is 0. The lowest BCUT2D eigenvalue weighted by Gasteiger charge is -2.19. The molecule has 0 bridgehead atoms. The first-order valence-electron chi connectivity index (χ1n) is 6.52. The third kappa shape index (κ3) is 12.1. The summed E-state index contributed by atoms with van der Waals surface area (Å²) in [6.45, 7) is 17.2. The minimum absolute atomic E-state index is 0.208. The molecule has 1 heterocycles. The lowest BCUT2D eigenvalue weighted by Crippen LogP contribution is -2.32. The molecule has 0 aromatic rings. The minimum Gasteiger partial charge on any atom is -0.390 e. The summed E-state index contributed by atoms with van der Waals surface area (Å²) >= 11 is 0. The fraction of sp³-hybridized carbons (Fsp3) is 0.867. The smallest absolute Gasteiger partial charge is 0.0889 e. The monoisotopic (exact) mass is 260 g/mol. The van der Waals surface area contributed by atoms with Crippen molar-refractivity contribution in [1.29, 1.82) is 0 Å². The Hall–Kier alpha value is -0.380. The topological polar surface area (TPSA) is 53.0 Å². The normalized spacial score (nSPS) is 21.6. The summed E-state index contributed by atoms with van der Waals surface area (Å²) in [6.07, 6.45) is 1.94. The molecule has 1 rings (SSSR count). The van der Waals surface area contributed by atoms with E-state index in [4.69, 9.17) is 14.9 Å². The molecule has 18 heavy (non-hydrogen) atoms. The van der Waals surface area contributed by atoms with E-state index in [1.165, 1.54) is 5.57 Å². The molecule has 0 aromatic heterocycles. The maximum absolute atomic E-state index is 8.84. The van der Waals surface area contributed by atoms with Gasteiger partial charge in [-0.2, -0.15) is 0 Å². The molecule has 2 atom stereocenters. The maximum Gasteiger partial charge on any atom is 0.0889 e. The van der Waals surface area contributed by atoms with Gasteiger partial charge in [-0.15, -0.1) is 0 Å². The van der Waals surface area contributed by atoms with Crippen LogP contribution in [0.5, 0.6) is 0 Å².